The molecule has 2 heterocycles. The van der Waals surface area contributed by atoms with Gasteiger partial charge < -0.3 is 9.15 Å². The van der Waals surface area contributed by atoms with Crippen molar-refractivity contribution in [3.05, 3.63) is 107 Å². The fraction of sp³-hybridized carbons (Fsp3) is 0.156. The SMILES string of the molecule is CC(C)(C)COc1ccc2ccccc2c1C=Nn1c(-c2cc3ccccc3o2)nc2ccccc2c1=O. The number of para-hydroxylation sites is 2. The average Bonchev–Trinajstić information content (AvgIpc) is 3.35. The first kappa shape index (κ1) is 23.7. The first-order chi connectivity index (χ1) is 18.4. The first-order valence-corrected chi connectivity index (χ1v) is 12.6. The summed E-state index contributed by atoms with van der Waals surface area (Å²) in [5.74, 6) is 1.50. The number of fused-ring (bicyclic) bond motifs is 3. The Hall–Kier alpha value is -4.71. The summed E-state index contributed by atoms with van der Waals surface area (Å²) in [5, 5.41) is 8.14. The number of rotatable bonds is 5. The van der Waals surface area contributed by atoms with Crippen LogP contribution in [0.2, 0.25) is 0 Å². The van der Waals surface area contributed by atoms with Gasteiger partial charge in [-0.3, -0.25) is 4.79 Å². The maximum Gasteiger partial charge on any atom is 0.282 e. The monoisotopic (exact) mass is 501 g/mol. The van der Waals surface area contributed by atoms with Crippen LogP contribution in [0.25, 0.3) is 44.2 Å². The van der Waals surface area contributed by atoms with Crippen molar-refractivity contribution in [2.45, 2.75) is 20.8 Å². The lowest BCUT2D eigenvalue weighted by molar-refractivity contribution is 0.198. The summed E-state index contributed by atoms with van der Waals surface area (Å²) in [6.45, 7) is 6.92. The van der Waals surface area contributed by atoms with Gasteiger partial charge in [-0.2, -0.15) is 9.78 Å². The molecule has 0 aliphatic rings. The van der Waals surface area contributed by atoms with Crippen LogP contribution in [0.1, 0.15) is 26.3 Å². The molecule has 38 heavy (non-hydrogen) atoms. The van der Waals surface area contributed by atoms with E-state index in [2.05, 4.69) is 20.8 Å². The largest absolute Gasteiger partial charge is 0.492 e. The van der Waals surface area contributed by atoms with Gasteiger partial charge in [0, 0.05) is 10.9 Å². The van der Waals surface area contributed by atoms with Crippen LogP contribution < -0.4 is 10.3 Å². The Labute approximate surface area is 219 Å². The number of hydrogen-bond acceptors (Lipinski definition) is 5. The molecule has 0 fully saturated rings. The smallest absolute Gasteiger partial charge is 0.282 e. The molecule has 6 rings (SSSR count). The highest BCUT2D eigenvalue weighted by Crippen LogP contribution is 2.30. The normalized spacial score (nSPS) is 12.2. The van der Waals surface area contributed by atoms with E-state index in [-0.39, 0.29) is 11.0 Å². The molecule has 6 aromatic rings. The van der Waals surface area contributed by atoms with E-state index in [1.807, 2.05) is 84.9 Å². The Morgan fingerprint density at radius 1 is 0.895 bits per heavy atom. The van der Waals surface area contributed by atoms with E-state index in [0.717, 1.165) is 21.7 Å². The van der Waals surface area contributed by atoms with Gasteiger partial charge in [-0.1, -0.05) is 81.4 Å². The molecule has 6 heteroatoms. The van der Waals surface area contributed by atoms with Crippen LogP contribution in [-0.4, -0.2) is 22.5 Å². The number of ether oxygens (including phenoxy) is 1. The summed E-state index contributed by atoms with van der Waals surface area (Å²) >= 11 is 0. The van der Waals surface area contributed by atoms with Gasteiger partial charge in [-0.15, -0.1) is 0 Å². The third kappa shape index (κ3) is 4.45. The van der Waals surface area contributed by atoms with E-state index in [1.54, 1.807) is 12.3 Å². The molecule has 0 aliphatic heterocycles. The number of benzene rings is 4. The summed E-state index contributed by atoms with van der Waals surface area (Å²) in [6.07, 6.45) is 1.68. The lowest BCUT2D eigenvalue weighted by Gasteiger charge is -2.20. The van der Waals surface area contributed by atoms with E-state index in [4.69, 9.17) is 19.2 Å². The van der Waals surface area contributed by atoms with Crippen molar-refractivity contribution in [1.82, 2.24) is 9.66 Å². The van der Waals surface area contributed by atoms with Gasteiger partial charge in [-0.25, -0.2) is 4.98 Å². The van der Waals surface area contributed by atoms with Crippen LogP contribution >= 0.6 is 0 Å². The molecule has 2 aromatic heterocycles. The maximum atomic E-state index is 13.7. The highest BCUT2D eigenvalue weighted by Gasteiger charge is 2.18. The highest BCUT2D eigenvalue weighted by atomic mass is 16.5. The second-order valence-electron chi connectivity index (χ2n) is 10.5. The zero-order chi connectivity index (χ0) is 26.3. The van der Waals surface area contributed by atoms with E-state index in [0.29, 0.717) is 40.4 Å². The topological polar surface area (TPSA) is 69.6 Å². The third-order valence-electron chi connectivity index (χ3n) is 6.29. The van der Waals surface area contributed by atoms with Gasteiger partial charge in [-0.05, 0) is 46.5 Å². The molecule has 0 radical (unpaired) electrons. The van der Waals surface area contributed by atoms with Crippen molar-refractivity contribution in [3.63, 3.8) is 0 Å². The number of nitrogens with zero attached hydrogens (tertiary/aromatic N) is 3. The van der Waals surface area contributed by atoms with Crippen molar-refractivity contribution in [3.8, 4) is 17.3 Å². The molecule has 0 saturated carbocycles. The van der Waals surface area contributed by atoms with Crippen LogP contribution in [-0.2, 0) is 0 Å². The first-order valence-electron chi connectivity index (χ1n) is 12.6. The zero-order valence-electron chi connectivity index (χ0n) is 21.5. The van der Waals surface area contributed by atoms with Crippen molar-refractivity contribution >= 4 is 38.9 Å². The maximum absolute atomic E-state index is 13.7. The van der Waals surface area contributed by atoms with E-state index < -0.39 is 0 Å². The summed E-state index contributed by atoms with van der Waals surface area (Å²) in [5.41, 5.74) is 1.79. The van der Waals surface area contributed by atoms with Gasteiger partial charge in [0.05, 0.1) is 23.7 Å². The minimum atomic E-state index is -0.278. The molecule has 0 aliphatic carbocycles. The van der Waals surface area contributed by atoms with E-state index in [1.165, 1.54) is 4.68 Å². The molecule has 0 saturated heterocycles. The Kier molecular flexibility index (Phi) is 5.80. The average molecular weight is 502 g/mol. The molecule has 0 N–H and O–H groups in total. The standard InChI is InChI=1S/C32H27N3O3/c1-32(2,3)20-37-28-17-16-21-10-4-6-12-23(21)25(28)19-33-35-30(29-18-22-11-5-9-15-27(22)38-29)34-26-14-8-7-13-24(26)31(35)36/h4-19H,20H2,1-3H3. The molecule has 0 spiro atoms. The van der Waals surface area contributed by atoms with Crippen LogP contribution in [0.5, 0.6) is 5.75 Å². The molecule has 0 unspecified atom stereocenters. The fourth-order valence-electron chi connectivity index (χ4n) is 4.43. The fourth-order valence-corrected chi connectivity index (χ4v) is 4.43. The molecule has 0 atom stereocenters. The minimum absolute atomic E-state index is 0.0201. The third-order valence-corrected chi connectivity index (χ3v) is 6.29. The van der Waals surface area contributed by atoms with Crippen molar-refractivity contribution < 1.29 is 9.15 Å². The zero-order valence-corrected chi connectivity index (χ0v) is 21.5. The lowest BCUT2D eigenvalue weighted by atomic mass is 9.98. The van der Waals surface area contributed by atoms with E-state index >= 15 is 0 Å². The predicted molar refractivity (Wildman–Crippen MR) is 153 cm³/mol. The molecule has 0 amide bonds. The van der Waals surface area contributed by atoms with Crippen molar-refractivity contribution in [2.75, 3.05) is 6.61 Å². The van der Waals surface area contributed by atoms with Crippen molar-refractivity contribution in [2.24, 2.45) is 10.5 Å². The van der Waals surface area contributed by atoms with Gasteiger partial charge in [0.2, 0.25) is 5.82 Å². The number of aromatic nitrogens is 2. The molecule has 4 aromatic carbocycles. The summed E-state index contributed by atoms with van der Waals surface area (Å²) < 4.78 is 13.7. The quantitative estimate of drug-likeness (QED) is 0.233. The van der Waals surface area contributed by atoms with Gasteiger partial charge in [0.1, 0.15) is 11.3 Å². The Morgan fingerprint density at radius 2 is 1.61 bits per heavy atom. The predicted octanol–water partition coefficient (Wildman–Crippen LogP) is 7.27. The van der Waals surface area contributed by atoms with Crippen LogP contribution in [0, 0.1) is 5.41 Å². The number of furan rings is 1. The Morgan fingerprint density at radius 3 is 2.39 bits per heavy atom. The van der Waals surface area contributed by atoms with Crippen molar-refractivity contribution in [1.29, 1.82) is 0 Å². The van der Waals surface area contributed by atoms with Gasteiger partial charge in [0.25, 0.3) is 5.56 Å². The number of hydrogen-bond donors (Lipinski definition) is 0. The molecular formula is C32H27N3O3. The molecule has 6 nitrogen and oxygen atoms in total. The Bertz CT molecular complexity index is 1860. The van der Waals surface area contributed by atoms with Crippen LogP contribution in [0.4, 0.5) is 0 Å². The van der Waals surface area contributed by atoms with Crippen LogP contribution in [0.15, 0.2) is 105 Å². The molecular weight excluding hydrogens is 474 g/mol. The Balaban J connectivity index is 1.55. The highest BCUT2D eigenvalue weighted by molar-refractivity contribution is 6.02. The molecule has 0 bridgehead atoms. The van der Waals surface area contributed by atoms with Crippen LogP contribution in [0.3, 0.4) is 0 Å². The summed E-state index contributed by atoms with van der Waals surface area (Å²) in [4.78, 5) is 18.5. The summed E-state index contributed by atoms with van der Waals surface area (Å²) in [7, 11) is 0. The second kappa shape index (κ2) is 9.30. The summed E-state index contributed by atoms with van der Waals surface area (Å²) in [6, 6.07) is 28.9. The van der Waals surface area contributed by atoms with Gasteiger partial charge >= 0.3 is 0 Å². The van der Waals surface area contributed by atoms with Gasteiger partial charge in [0.15, 0.2) is 5.76 Å². The lowest BCUT2D eigenvalue weighted by Crippen LogP contribution is -2.20. The minimum Gasteiger partial charge on any atom is -0.492 e. The van der Waals surface area contributed by atoms with E-state index in [9.17, 15) is 4.79 Å². The second-order valence-corrected chi connectivity index (χ2v) is 10.5. The molecule has 188 valence electrons.